The summed E-state index contributed by atoms with van der Waals surface area (Å²) in [7, 11) is 1.57. The van der Waals surface area contributed by atoms with E-state index < -0.39 is 17.7 Å². The van der Waals surface area contributed by atoms with Gasteiger partial charge in [0, 0.05) is 13.6 Å². The number of hydrogen-bond acceptors (Lipinski definition) is 4. The molecule has 0 aliphatic heterocycles. The van der Waals surface area contributed by atoms with E-state index >= 15 is 0 Å². The van der Waals surface area contributed by atoms with Crippen molar-refractivity contribution in [3.05, 3.63) is 34.9 Å². The van der Waals surface area contributed by atoms with Gasteiger partial charge in [-0.15, -0.1) is 0 Å². The Morgan fingerprint density at radius 2 is 1.66 bits per heavy atom. The lowest BCUT2D eigenvalue weighted by Crippen LogP contribution is -2.46. The summed E-state index contributed by atoms with van der Waals surface area (Å²) >= 11 is 0. The summed E-state index contributed by atoms with van der Waals surface area (Å²) in [4.78, 5) is 38.8. The van der Waals surface area contributed by atoms with Gasteiger partial charge in [0.1, 0.15) is 18.2 Å². The van der Waals surface area contributed by atoms with Crippen LogP contribution in [0.15, 0.2) is 18.2 Å². The zero-order chi connectivity index (χ0) is 22.2. The molecule has 29 heavy (non-hydrogen) atoms. The molecule has 0 aliphatic rings. The standard InChI is InChI=1S/C22H35N3O4/c1-8-9-10-23-20(27)19(17-12-15(2)11-16(3)13-17)25(7)18(26)14-24-21(28)29-22(4,5)6/h11-13,19H,8-10,14H2,1-7H3,(H,23,27)(H,24,28). The number of aryl methyl sites for hydroxylation is 2. The Morgan fingerprint density at radius 3 is 2.17 bits per heavy atom. The molecule has 1 rings (SSSR count). The number of hydrogen-bond donors (Lipinski definition) is 2. The van der Waals surface area contributed by atoms with Crippen LogP contribution in [-0.2, 0) is 14.3 Å². The first kappa shape index (κ1) is 24.5. The van der Waals surface area contributed by atoms with Gasteiger partial charge in [0.2, 0.25) is 11.8 Å². The van der Waals surface area contributed by atoms with Crippen LogP contribution in [-0.4, -0.2) is 48.5 Å². The topological polar surface area (TPSA) is 87.7 Å². The smallest absolute Gasteiger partial charge is 0.408 e. The molecule has 1 atom stereocenters. The predicted molar refractivity (Wildman–Crippen MR) is 114 cm³/mol. The molecular weight excluding hydrogens is 370 g/mol. The fraction of sp³-hybridized carbons (Fsp3) is 0.591. The molecule has 0 spiro atoms. The molecule has 0 heterocycles. The van der Waals surface area contributed by atoms with Crippen LogP contribution < -0.4 is 10.6 Å². The van der Waals surface area contributed by atoms with E-state index in [0.29, 0.717) is 6.54 Å². The Kier molecular flexibility index (Phi) is 9.14. The monoisotopic (exact) mass is 405 g/mol. The largest absolute Gasteiger partial charge is 0.444 e. The highest BCUT2D eigenvalue weighted by molar-refractivity contribution is 5.90. The van der Waals surface area contributed by atoms with E-state index in [0.717, 1.165) is 29.5 Å². The third-order valence-electron chi connectivity index (χ3n) is 4.20. The molecule has 0 saturated heterocycles. The van der Waals surface area contributed by atoms with Crippen LogP contribution in [0.3, 0.4) is 0 Å². The summed E-state index contributed by atoms with van der Waals surface area (Å²) in [5, 5.41) is 5.36. The van der Waals surface area contributed by atoms with Gasteiger partial charge in [0.05, 0.1) is 0 Å². The molecule has 0 saturated carbocycles. The maximum absolute atomic E-state index is 12.9. The van der Waals surface area contributed by atoms with Crippen LogP contribution in [0.2, 0.25) is 0 Å². The average Bonchev–Trinajstić information content (AvgIpc) is 2.57. The fourth-order valence-corrected chi connectivity index (χ4v) is 2.93. The number of carbonyl (C=O) groups is 3. The third kappa shape index (κ3) is 8.54. The van der Waals surface area contributed by atoms with Gasteiger partial charge >= 0.3 is 6.09 Å². The Labute approximate surface area is 174 Å². The second-order valence-electron chi connectivity index (χ2n) is 8.33. The average molecular weight is 406 g/mol. The number of nitrogens with one attached hydrogen (secondary N) is 2. The molecular formula is C22H35N3O4. The fourth-order valence-electron chi connectivity index (χ4n) is 2.93. The van der Waals surface area contributed by atoms with Crippen LogP contribution in [0.1, 0.15) is 63.3 Å². The minimum absolute atomic E-state index is 0.239. The molecule has 0 radical (unpaired) electrons. The molecule has 1 unspecified atom stereocenters. The second-order valence-corrected chi connectivity index (χ2v) is 8.33. The first-order valence-corrected chi connectivity index (χ1v) is 10.0. The number of ether oxygens (including phenoxy) is 1. The van der Waals surface area contributed by atoms with Crippen molar-refractivity contribution in [3.63, 3.8) is 0 Å². The zero-order valence-corrected chi connectivity index (χ0v) is 18.7. The van der Waals surface area contributed by atoms with Crippen LogP contribution in [0.4, 0.5) is 4.79 Å². The number of likely N-dealkylation sites (N-methyl/N-ethyl adjacent to an activating group) is 1. The van der Waals surface area contributed by atoms with E-state index in [2.05, 4.69) is 10.6 Å². The molecule has 1 aromatic carbocycles. The van der Waals surface area contributed by atoms with Crippen LogP contribution in [0.25, 0.3) is 0 Å². The number of rotatable bonds is 8. The highest BCUT2D eigenvalue weighted by Crippen LogP contribution is 2.23. The first-order valence-electron chi connectivity index (χ1n) is 10.0. The van der Waals surface area contributed by atoms with Crippen LogP contribution in [0.5, 0.6) is 0 Å². The van der Waals surface area contributed by atoms with E-state index in [9.17, 15) is 14.4 Å². The van der Waals surface area contributed by atoms with Crippen molar-refractivity contribution >= 4 is 17.9 Å². The van der Waals surface area contributed by atoms with Crippen molar-refractivity contribution in [2.75, 3.05) is 20.1 Å². The summed E-state index contributed by atoms with van der Waals surface area (Å²) in [5.74, 6) is -0.623. The van der Waals surface area contributed by atoms with Gasteiger partial charge in [-0.1, -0.05) is 42.7 Å². The van der Waals surface area contributed by atoms with Gasteiger partial charge in [-0.2, -0.15) is 0 Å². The van der Waals surface area contributed by atoms with E-state index in [-0.39, 0.29) is 18.4 Å². The lowest BCUT2D eigenvalue weighted by molar-refractivity contribution is -0.138. The maximum atomic E-state index is 12.9. The predicted octanol–water partition coefficient (Wildman–Crippen LogP) is 3.24. The van der Waals surface area contributed by atoms with Crippen molar-refractivity contribution < 1.29 is 19.1 Å². The van der Waals surface area contributed by atoms with Crippen molar-refractivity contribution in [3.8, 4) is 0 Å². The first-order chi connectivity index (χ1) is 13.4. The Bertz CT molecular complexity index is 705. The summed E-state index contributed by atoms with van der Waals surface area (Å²) in [5.41, 5.74) is 2.11. The van der Waals surface area contributed by atoms with Gasteiger partial charge in [-0.25, -0.2) is 4.79 Å². The number of alkyl carbamates (subject to hydrolysis) is 1. The highest BCUT2D eigenvalue weighted by Gasteiger charge is 2.29. The number of carbonyl (C=O) groups excluding carboxylic acids is 3. The molecule has 0 aromatic heterocycles. The van der Waals surface area contributed by atoms with Crippen molar-refractivity contribution in [2.45, 2.75) is 66.0 Å². The van der Waals surface area contributed by atoms with E-state index in [1.165, 1.54) is 4.90 Å². The molecule has 2 N–H and O–H groups in total. The molecule has 162 valence electrons. The van der Waals surface area contributed by atoms with Gasteiger partial charge in [0.15, 0.2) is 0 Å². The minimum Gasteiger partial charge on any atom is -0.444 e. The summed E-state index contributed by atoms with van der Waals surface area (Å²) in [6, 6.07) is 5.05. The van der Waals surface area contributed by atoms with Gasteiger partial charge in [-0.05, 0) is 46.6 Å². The van der Waals surface area contributed by atoms with E-state index in [4.69, 9.17) is 4.74 Å². The molecule has 0 aliphatic carbocycles. The quantitative estimate of drug-likeness (QED) is 0.650. The van der Waals surface area contributed by atoms with Crippen molar-refractivity contribution in [2.24, 2.45) is 0 Å². The Morgan fingerprint density at radius 1 is 1.07 bits per heavy atom. The van der Waals surface area contributed by atoms with Gasteiger partial charge in [-0.3, -0.25) is 9.59 Å². The molecule has 1 aromatic rings. The normalized spacial score (nSPS) is 12.1. The maximum Gasteiger partial charge on any atom is 0.408 e. The lowest BCUT2D eigenvalue weighted by Gasteiger charge is -2.28. The summed E-state index contributed by atoms with van der Waals surface area (Å²) in [6.45, 7) is 11.5. The summed E-state index contributed by atoms with van der Waals surface area (Å²) < 4.78 is 5.16. The number of nitrogens with zero attached hydrogens (tertiary/aromatic N) is 1. The highest BCUT2D eigenvalue weighted by atomic mass is 16.6. The number of unbranched alkanes of at least 4 members (excludes halogenated alkanes) is 1. The molecule has 0 bridgehead atoms. The van der Waals surface area contributed by atoms with Gasteiger partial charge < -0.3 is 20.3 Å². The van der Waals surface area contributed by atoms with E-state index in [1.807, 2.05) is 39.0 Å². The molecule has 0 fully saturated rings. The molecule has 7 heteroatoms. The summed E-state index contributed by atoms with van der Waals surface area (Å²) in [6.07, 6.45) is 1.15. The minimum atomic E-state index is -0.779. The second kappa shape index (κ2) is 10.8. The van der Waals surface area contributed by atoms with Crippen molar-refractivity contribution in [1.29, 1.82) is 0 Å². The molecule has 3 amide bonds. The number of benzene rings is 1. The lowest BCUT2D eigenvalue weighted by atomic mass is 9.99. The van der Waals surface area contributed by atoms with Crippen LogP contribution >= 0.6 is 0 Å². The Balaban J connectivity index is 2.97. The SMILES string of the molecule is CCCCNC(=O)C(c1cc(C)cc(C)c1)N(C)C(=O)CNC(=O)OC(C)(C)C. The zero-order valence-electron chi connectivity index (χ0n) is 18.7. The van der Waals surface area contributed by atoms with Crippen molar-refractivity contribution in [1.82, 2.24) is 15.5 Å². The third-order valence-corrected chi connectivity index (χ3v) is 4.20. The number of amides is 3. The van der Waals surface area contributed by atoms with Crippen LogP contribution in [0, 0.1) is 13.8 Å². The Hall–Kier alpha value is -2.57. The van der Waals surface area contributed by atoms with E-state index in [1.54, 1.807) is 27.8 Å². The van der Waals surface area contributed by atoms with Gasteiger partial charge in [0.25, 0.3) is 0 Å². The molecule has 7 nitrogen and oxygen atoms in total.